The molecule has 0 unspecified atom stereocenters. The second kappa shape index (κ2) is 27.1. The maximum atomic E-state index is 5.04. The van der Waals surface area contributed by atoms with E-state index in [1.54, 1.807) is 7.11 Å². The van der Waals surface area contributed by atoms with Crippen LogP contribution in [0, 0.1) is 48.7 Å². The molecule has 0 saturated carbocycles. The van der Waals surface area contributed by atoms with Gasteiger partial charge < -0.3 is 4.74 Å². The first-order valence-electron chi connectivity index (χ1n) is 22.9. The van der Waals surface area contributed by atoms with Gasteiger partial charge in [-0.3, -0.25) is 0 Å². The van der Waals surface area contributed by atoms with E-state index in [1.165, 1.54) is 102 Å². The smallest absolute Gasteiger partial charge is 0.0462 e. The van der Waals surface area contributed by atoms with E-state index in [0.717, 1.165) is 6.61 Å². The molecule has 2 heteroatoms. The van der Waals surface area contributed by atoms with Gasteiger partial charge in [0.25, 0.3) is 0 Å². The van der Waals surface area contributed by atoms with Crippen molar-refractivity contribution in [3.63, 3.8) is 0 Å². The Morgan fingerprint density at radius 1 is 0.352 bits per heavy atom. The average Bonchev–Trinajstić information content (AvgIpc) is 2.96. The van der Waals surface area contributed by atoms with Gasteiger partial charge in [0.2, 0.25) is 0 Å². The van der Waals surface area contributed by atoms with Crippen molar-refractivity contribution in [2.45, 2.75) is 262 Å². The topological polar surface area (TPSA) is 9.23 Å². The SMILES string of the molecule is CC(C)(C)CCCCC(C)(C)C(C)(C)C.CCCCCCC(C)(C)C(C)(C)C.COCCCCC(C)(C)C(C)(C)C.CSCCCCC(C)(C)C(C)(C)C. The zero-order valence-electron chi connectivity index (χ0n) is 43.3. The number of unbranched alkanes of at least 4 members (excludes halogenated alkanes) is 6. The van der Waals surface area contributed by atoms with Gasteiger partial charge in [-0.25, -0.2) is 0 Å². The number of hydrogen-bond acceptors (Lipinski definition) is 2. The molecule has 0 aliphatic carbocycles. The van der Waals surface area contributed by atoms with Gasteiger partial charge in [0.15, 0.2) is 0 Å². The van der Waals surface area contributed by atoms with Crippen LogP contribution in [0.3, 0.4) is 0 Å². The first kappa shape index (κ1) is 61.0. The van der Waals surface area contributed by atoms with Gasteiger partial charge in [-0.15, -0.1) is 0 Å². The maximum Gasteiger partial charge on any atom is 0.0462 e. The van der Waals surface area contributed by atoms with Crippen molar-refractivity contribution < 1.29 is 4.74 Å². The summed E-state index contributed by atoms with van der Waals surface area (Å²) in [5.41, 5.74) is 4.07. The second-order valence-electron chi connectivity index (χ2n) is 25.0. The largest absolute Gasteiger partial charge is 0.385 e. The van der Waals surface area contributed by atoms with Gasteiger partial charge in [0.1, 0.15) is 0 Å². The van der Waals surface area contributed by atoms with Crippen molar-refractivity contribution in [1.82, 2.24) is 0 Å². The maximum absolute atomic E-state index is 5.04. The fourth-order valence-electron chi connectivity index (χ4n) is 5.34. The van der Waals surface area contributed by atoms with Crippen molar-refractivity contribution in [1.29, 1.82) is 0 Å². The Balaban J connectivity index is -0.000000309. The minimum atomic E-state index is 0.403. The van der Waals surface area contributed by atoms with Crippen LogP contribution in [0.2, 0.25) is 0 Å². The number of thioether (sulfide) groups is 1. The summed E-state index contributed by atoms with van der Waals surface area (Å²) in [4.78, 5) is 0. The van der Waals surface area contributed by atoms with Crippen molar-refractivity contribution in [2.24, 2.45) is 48.7 Å². The molecule has 0 spiro atoms. The highest BCUT2D eigenvalue weighted by molar-refractivity contribution is 7.98. The zero-order valence-corrected chi connectivity index (χ0v) is 44.2. The van der Waals surface area contributed by atoms with Gasteiger partial charge in [0, 0.05) is 13.7 Å². The van der Waals surface area contributed by atoms with Gasteiger partial charge in [0.05, 0.1) is 0 Å². The zero-order chi connectivity index (χ0) is 43.9. The van der Waals surface area contributed by atoms with Gasteiger partial charge >= 0.3 is 0 Å². The molecule has 0 atom stereocenters. The molecule has 0 N–H and O–H groups in total. The van der Waals surface area contributed by atoms with Crippen LogP contribution in [-0.2, 0) is 4.74 Å². The summed E-state index contributed by atoms with van der Waals surface area (Å²) in [7, 11) is 1.77. The number of rotatable bonds is 19. The van der Waals surface area contributed by atoms with E-state index in [9.17, 15) is 0 Å². The van der Waals surface area contributed by atoms with E-state index in [0.29, 0.717) is 48.7 Å². The molecule has 0 fully saturated rings. The summed E-state index contributed by atoms with van der Waals surface area (Å²) in [5.74, 6) is 1.32. The molecule has 54 heavy (non-hydrogen) atoms. The molecular formula is C52H112OS. The Bertz CT molecular complexity index is 774. The fraction of sp³-hybridized carbons (Fsp3) is 1.00. The predicted octanol–water partition coefficient (Wildman–Crippen LogP) is 19.2. The minimum Gasteiger partial charge on any atom is -0.385 e. The van der Waals surface area contributed by atoms with Crippen LogP contribution in [0.25, 0.3) is 0 Å². The molecule has 0 radical (unpaired) electrons. The molecule has 0 rings (SSSR count). The van der Waals surface area contributed by atoms with Crippen LogP contribution in [0.1, 0.15) is 262 Å². The first-order valence-corrected chi connectivity index (χ1v) is 24.3. The summed E-state index contributed by atoms with van der Waals surface area (Å²) in [6.07, 6.45) is 22.5. The molecule has 0 aromatic carbocycles. The lowest BCUT2D eigenvalue weighted by Gasteiger charge is -2.39. The van der Waals surface area contributed by atoms with Crippen molar-refractivity contribution >= 4 is 11.8 Å². The Labute approximate surface area is 352 Å². The van der Waals surface area contributed by atoms with Crippen molar-refractivity contribution in [3.8, 4) is 0 Å². The van der Waals surface area contributed by atoms with Crippen LogP contribution >= 0.6 is 11.8 Å². The standard InChI is InChI=1S/C15H32.C13H28.C12H26O.C12H26S/c1-13(2,3)11-9-10-12-15(7,8)14(4,5)6;1-7-8-9-10-11-13(5,6)12(2,3)4;2*1-11(2,3)12(4,5)9-7-8-10-13-6/h9-12H2,1-8H3;7-11H2,1-6H3;2*7-10H2,1-6H3. The molecule has 332 valence electrons. The highest BCUT2D eigenvalue weighted by Gasteiger charge is 2.34. The third-order valence-corrected chi connectivity index (χ3v) is 15.3. The Morgan fingerprint density at radius 3 is 0.889 bits per heavy atom. The number of methoxy groups -OCH3 is 1. The molecule has 0 aliphatic heterocycles. The Morgan fingerprint density at radius 2 is 0.630 bits per heavy atom. The minimum absolute atomic E-state index is 0.403. The normalized spacial score (nSPS) is 13.7. The second-order valence-corrected chi connectivity index (χ2v) is 26.0. The van der Waals surface area contributed by atoms with Gasteiger partial charge in [-0.1, -0.05) is 218 Å². The van der Waals surface area contributed by atoms with Crippen molar-refractivity contribution in [3.05, 3.63) is 0 Å². The van der Waals surface area contributed by atoms with Crippen LogP contribution in [0.4, 0.5) is 0 Å². The van der Waals surface area contributed by atoms with E-state index in [1.807, 2.05) is 11.8 Å². The molecule has 0 heterocycles. The lowest BCUT2D eigenvalue weighted by Crippen LogP contribution is -2.29. The number of ether oxygens (including phenoxy) is 1. The lowest BCUT2D eigenvalue weighted by atomic mass is 9.66. The van der Waals surface area contributed by atoms with Gasteiger partial charge in [-0.05, 0) is 106 Å². The summed E-state index contributed by atoms with van der Waals surface area (Å²) in [6, 6.07) is 0. The molecule has 0 aromatic heterocycles. The quantitative estimate of drug-likeness (QED) is 0.121. The molecule has 0 aromatic rings. The third kappa shape index (κ3) is 31.3. The van der Waals surface area contributed by atoms with E-state index in [-0.39, 0.29) is 0 Å². The Kier molecular flexibility index (Phi) is 30.7. The number of hydrogen-bond donors (Lipinski definition) is 0. The molecule has 0 aliphatic rings. The summed E-state index contributed by atoms with van der Waals surface area (Å²) in [5, 5.41) is 0. The first-order chi connectivity index (χ1) is 23.9. The van der Waals surface area contributed by atoms with Crippen LogP contribution in [0.15, 0.2) is 0 Å². The molecular weight excluding hydrogens is 673 g/mol. The monoisotopic (exact) mass is 785 g/mol. The van der Waals surface area contributed by atoms with E-state index >= 15 is 0 Å². The average molecular weight is 786 g/mol. The van der Waals surface area contributed by atoms with E-state index in [2.05, 4.69) is 172 Å². The summed E-state index contributed by atoms with van der Waals surface area (Å²) >= 11 is 1.96. The summed E-state index contributed by atoms with van der Waals surface area (Å²) < 4.78 is 5.04. The van der Waals surface area contributed by atoms with Crippen molar-refractivity contribution in [2.75, 3.05) is 25.7 Å². The van der Waals surface area contributed by atoms with Crippen LogP contribution < -0.4 is 0 Å². The Hall–Kier alpha value is 0.310. The predicted molar refractivity (Wildman–Crippen MR) is 258 cm³/mol. The third-order valence-electron chi connectivity index (χ3n) is 14.6. The molecule has 0 bridgehead atoms. The van der Waals surface area contributed by atoms with Crippen LogP contribution in [0.5, 0.6) is 0 Å². The fourth-order valence-corrected chi connectivity index (χ4v) is 5.84. The van der Waals surface area contributed by atoms with E-state index in [4.69, 9.17) is 4.74 Å². The molecule has 0 amide bonds. The summed E-state index contributed by atoms with van der Waals surface area (Å²) in [6.45, 7) is 57.5. The molecule has 1 nitrogen and oxygen atoms in total. The highest BCUT2D eigenvalue weighted by atomic mass is 32.2. The van der Waals surface area contributed by atoms with Gasteiger partial charge in [-0.2, -0.15) is 11.8 Å². The molecule has 0 saturated heterocycles. The highest BCUT2D eigenvalue weighted by Crippen LogP contribution is 2.44. The lowest BCUT2D eigenvalue weighted by molar-refractivity contribution is 0.109. The van der Waals surface area contributed by atoms with Crippen LogP contribution in [-0.4, -0.2) is 25.7 Å². The van der Waals surface area contributed by atoms with E-state index < -0.39 is 0 Å².